The van der Waals surface area contributed by atoms with Crippen LogP contribution in [0.4, 0.5) is 0 Å². The molecule has 0 saturated heterocycles. The van der Waals surface area contributed by atoms with Gasteiger partial charge in [0.15, 0.2) is 0 Å². The number of hydrogen-bond donors (Lipinski definition) is 3. The molecule has 0 saturated carbocycles. The Labute approximate surface area is 206 Å². The molecule has 0 aromatic heterocycles. The van der Waals surface area contributed by atoms with Crippen LogP contribution in [0.1, 0.15) is 88.1 Å². The molecular weight excluding hydrogens is 424 g/mol. The Morgan fingerprint density at radius 3 is 1.94 bits per heavy atom. The van der Waals surface area contributed by atoms with Gasteiger partial charge in [0.05, 0.1) is 12.2 Å². The van der Waals surface area contributed by atoms with E-state index in [9.17, 15) is 10.2 Å². The van der Waals surface area contributed by atoms with Crippen molar-refractivity contribution in [2.24, 2.45) is 0 Å². The van der Waals surface area contributed by atoms with Crippen LogP contribution in [0.25, 0.3) is 5.57 Å². The van der Waals surface area contributed by atoms with Crippen LogP contribution >= 0.6 is 0 Å². The summed E-state index contributed by atoms with van der Waals surface area (Å²) >= 11 is 0. The van der Waals surface area contributed by atoms with E-state index in [0.29, 0.717) is 12.8 Å². The molecule has 34 heavy (non-hydrogen) atoms. The highest BCUT2D eigenvalue weighted by Gasteiger charge is 2.31. The van der Waals surface area contributed by atoms with Crippen LogP contribution in [0.5, 0.6) is 5.75 Å². The first-order valence-electron chi connectivity index (χ1n) is 12.7. The Morgan fingerprint density at radius 2 is 1.47 bits per heavy atom. The molecule has 2 rings (SSSR count). The zero-order valence-corrected chi connectivity index (χ0v) is 22.1. The molecule has 0 heterocycles. The number of aliphatic hydroxyl groups excluding tert-OH is 2. The van der Waals surface area contributed by atoms with Gasteiger partial charge in [0, 0.05) is 5.41 Å². The lowest BCUT2D eigenvalue weighted by molar-refractivity contribution is 0.0534. The molecule has 4 nitrogen and oxygen atoms in total. The summed E-state index contributed by atoms with van der Waals surface area (Å²) in [5.74, 6) is 0.726. The Morgan fingerprint density at radius 1 is 0.912 bits per heavy atom. The lowest BCUT2D eigenvalue weighted by Gasteiger charge is -2.34. The molecule has 0 radical (unpaired) electrons. The van der Waals surface area contributed by atoms with Gasteiger partial charge in [-0.2, -0.15) is 0 Å². The first kappa shape index (κ1) is 28.1. The Balaban J connectivity index is 2.45. The smallest absolute Gasteiger partial charge is 0.122 e. The third-order valence-electron chi connectivity index (χ3n) is 7.49. The van der Waals surface area contributed by atoms with Crippen molar-refractivity contribution in [3.05, 3.63) is 70.3 Å². The van der Waals surface area contributed by atoms with E-state index in [4.69, 9.17) is 9.84 Å². The van der Waals surface area contributed by atoms with Gasteiger partial charge in [-0.05, 0) is 92.0 Å². The molecule has 4 heteroatoms. The molecular formula is C30H44O4. The van der Waals surface area contributed by atoms with Gasteiger partial charge in [0.1, 0.15) is 18.5 Å². The second-order valence-electron chi connectivity index (χ2n) is 9.58. The Kier molecular flexibility index (Phi) is 9.93. The van der Waals surface area contributed by atoms with E-state index >= 15 is 0 Å². The number of aliphatic hydroxyl groups is 3. The topological polar surface area (TPSA) is 69.9 Å². The van der Waals surface area contributed by atoms with Crippen molar-refractivity contribution in [3.63, 3.8) is 0 Å². The fourth-order valence-electron chi connectivity index (χ4n) is 4.92. The molecule has 3 N–H and O–H groups in total. The monoisotopic (exact) mass is 468 g/mol. The maximum Gasteiger partial charge on any atom is 0.122 e. The van der Waals surface area contributed by atoms with Gasteiger partial charge in [-0.25, -0.2) is 0 Å². The van der Waals surface area contributed by atoms with E-state index < -0.39 is 11.7 Å². The largest absolute Gasteiger partial charge is 0.491 e. The summed E-state index contributed by atoms with van der Waals surface area (Å²) < 4.78 is 5.71. The van der Waals surface area contributed by atoms with Crippen LogP contribution in [0.15, 0.2) is 42.5 Å². The highest BCUT2D eigenvalue weighted by molar-refractivity contribution is 5.68. The zero-order valence-electron chi connectivity index (χ0n) is 22.1. The molecule has 1 atom stereocenters. The summed E-state index contributed by atoms with van der Waals surface area (Å²) in [6.07, 6.45) is 4.46. The van der Waals surface area contributed by atoms with Crippen LogP contribution in [0, 0.1) is 13.8 Å². The van der Waals surface area contributed by atoms with Crippen molar-refractivity contribution in [2.75, 3.05) is 13.2 Å². The van der Waals surface area contributed by atoms with Gasteiger partial charge >= 0.3 is 0 Å². The van der Waals surface area contributed by atoms with Crippen LogP contribution in [0.2, 0.25) is 0 Å². The SMILES string of the molecule is CCC(O)(/C=C(\C)c1ccc(C(CC)(CC)c2ccc(OC[C@@H](O)CO)c(C)c2)cc1C)CC. The van der Waals surface area contributed by atoms with E-state index in [2.05, 4.69) is 58.0 Å². The summed E-state index contributed by atoms with van der Waals surface area (Å²) in [4.78, 5) is 0. The van der Waals surface area contributed by atoms with Gasteiger partial charge < -0.3 is 20.1 Å². The number of rotatable bonds is 12. The summed E-state index contributed by atoms with van der Waals surface area (Å²) in [6.45, 7) is 14.5. The zero-order chi connectivity index (χ0) is 25.5. The van der Waals surface area contributed by atoms with Crippen LogP contribution < -0.4 is 4.74 Å². The van der Waals surface area contributed by atoms with Gasteiger partial charge in [-0.15, -0.1) is 0 Å². The molecule has 2 aromatic rings. The van der Waals surface area contributed by atoms with Crippen molar-refractivity contribution in [3.8, 4) is 5.75 Å². The van der Waals surface area contributed by atoms with E-state index in [1.165, 1.54) is 22.3 Å². The first-order valence-corrected chi connectivity index (χ1v) is 12.7. The fourth-order valence-corrected chi connectivity index (χ4v) is 4.92. The Hall–Kier alpha value is -2.14. The number of allylic oxidation sites excluding steroid dienone is 1. The van der Waals surface area contributed by atoms with E-state index in [1.54, 1.807) is 0 Å². The number of benzene rings is 2. The minimum Gasteiger partial charge on any atom is -0.491 e. The number of aryl methyl sites for hydroxylation is 2. The lowest BCUT2D eigenvalue weighted by atomic mass is 9.69. The molecule has 2 aromatic carbocycles. The molecule has 0 aliphatic rings. The first-order chi connectivity index (χ1) is 16.1. The molecule has 188 valence electrons. The lowest BCUT2D eigenvalue weighted by Crippen LogP contribution is -2.27. The van der Waals surface area contributed by atoms with Gasteiger partial charge in [0.25, 0.3) is 0 Å². The molecule has 0 amide bonds. The maximum atomic E-state index is 10.8. The molecule has 0 spiro atoms. The maximum absolute atomic E-state index is 10.8. The predicted octanol–water partition coefficient (Wildman–Crippen LogP) is 6.10. The van der Waals surface area contributed by atoms with Gasteiger partial charge in [0.2, 0.25) is 0 Å². The second kappa shape index (κ2) is 12.0. The van der Waals surface area contributed by atoms with Crippen molar-refractivity contribution < 1.29 is 20.1 Å². The average molecular weight is 469 g/mol. The molecule has 0 unspecified atom stereocenters. The van der Waals surface area contributed by atoms with Crippen LogP contribution in [0.3, 0.4) is 0 Å². The average Bonchev–Trinajstić information content (AvgIpc) is 2.84. The van der Waals surface area contributed by atoms with Crippen molar-refractivity contribution in [1.29, 1.82) is 0 Å². The minimum atomic E-state index is -0.880. The third kappa shape index (κ3) is 6.10. The molecule has 0 fully saturated rings. The second-order valence-corrected chi connectivity index (χ2v) is 9.58. The molecule has 0 aliphatic heterocycles. The summed E-state index contributed by atoms with van der Waals surface area (Å²) in [5.41, 5.74) is 6.15. The fraction of sp³-hybridized carbons (Fsp3) is 0.533. The van der Waals surface area contributed by atoms with Crippen LogP contribution in [-0.2, 0) is 5.41 Å². The van der Waals surface area contributed by atoms with E-state index in [0.717, 1.165) is 29.7 Å². The summed E-state index contributed by atoms with van der Waals surface area (Å²) in [6, 6.07) is 13.0. The third-order valence-corrected chi connectivity index (χ3v) is 7.49. The quantitative estimate of drug-likeness (QED) is 0.352. The normalized spacial score (nSPS) is 13.8. The standard InChI is InChI=1S/C30H44O4/c1-8-29(33,9-2)18-23(7)27-14-12-24(16-21(27)5)30(10-3,11-4)25-13-15-28(22(6)17-25)34-20-26(32)19-31/h12-18,26,31-33H,8-11,19-20H2,1-7H3/b23-18+/t26-/m0/s1. The van der Waals surface area contributed by atoms with Crippen molar-refractivity contribution in [1.82, 2.24) is 0 Å². The summed E-state index contributed by atoms with van der Waals surface area (Å²) in [5, 5.41) is 29.4. The van der Waals surface area contributed by atoms with Gasteiger partial charge in [-0.3, -0.25) is 0 Å². The predicted molar refractivity (Wildman–Crippen MR) is 141 cm³/mol. The van der Waals surface area contributed by atoms with Crippen molar-refractivity contribution in [2.45, 2.75) is 91.3 Å². The number of hydrogen-bond acceptors (Lipinski definition) is 4. The Bertz CT molecular complexity index is 968. The number of ether oxygens (including phenoxy) is 1. The van der Waals surface area contributed by atoms with Crippen molar-refractivity contribution >= 4 is 5.57 Å². The highest BCUT2D eigenvalue weighted by atomic mass is 16.5. The minimum absolute atomic E-state index is 0.0715. The molecule has 0 bridgehead atoms. The van der Waals surface area contributed by atoms with Crippen LogP contribution in [-0.4, -0.2) is 40.2 Å². The molecule has 0 aliphatic carbocycles. The highest BCUT2D eigenvalue weighted by Crippen LogP contribution is 2.41. The van der Waals surface area contributed by atoms with E-state index in [-0.39, 0.29) is 18.6 Å². The summed E-state index contributed by atoms with van der Waals surface area (Å²) in [7, 11) is 0. The van der Waals surface area contributed by atoms with E-state index in [1.807, 2.05) is 32.9 Å². The van der Waals surface area contributed by atoms with Gasteiger partial charge in [-0.1, -0.05) is 58.0 Å².